The number of imide groups is 1. The summed E-state index contributed by atoms with van der Waals surface area (Å²) in [6.07, 6.45) is -2.04. The fourth-order valence-electron chi connectivity index (χ4n) is 3.80. The number of nitrogens with one attached hydrogen (secondary N) is 1. The molecule has 0 bridgehead atoms. The Morgan fingerprint density at radius 3 is 2.66 bits per heavy atom. The molecule has 3 amide bonds. The molecule has 2 unspecified atom stereocenters. The van der Waals surface area contributed by atoms with Crippen LogP contribution in [0.5, 0.6) is 0 Å². The largest absolute Gasteiger partial charge is 0.330 e. The number of rotatable bonds is 6. The molecule has 2 aromatic rings. The van der Waals surface area contributed by atoms with Crippen molar-refractivity contribution in [3.8, 4) is 0 Å². The van der Waals surface area contributed by atoms with Crippen LogP contribution in [0.25, 0.3) is 0 Å². The van der Waals surface area contributed by atoms with E-state index in [9.17, 15) is 28.0 Å². The van der Waals surface area contributed by atoms with Crippen LogP contribution in [0, 0.1) is 0 Å². The molecule has 0 saturated carbocycles. The smallest absolute Gasteiger partial charge is 0.322 e. The van der Waals surface area contributed by atoms with Gasteiger partial charge in [0, 0.05) is 36.9 Å². The van der Waals surface area contributed by atoms with E-state index in [1.54, 1.807) is 0 Å². The van der Waals surface area contributed by atoms with E-state index in [4.69, 9.17) is 14.3 Å². The van der Waals surface area contributed by atoms with Crippen molar-refractivity contribution in [2.24, 2.45) is 0 Å². The SMILES string of the molecule is [2H]c1cc2c(cc1C([2H])CC(=O)C(F)(F)c1ccc(Cl)cc1)CN(C1CCC(=O)NC1=O)C2=O. The number of carbonyl (C=O) groups is 4. The van der Waals surface area contributed by atoms with Gasteiger partial charge in [-0.25, -0.2) is 0 Å². The minimum absolute atomic E-state index is 0.00925. The van der Waals surface area contributed by atoms with Crippen LogP contribution in [0.1, 0.15) is 49.1 Å². The van der Waals surface area contributed by atoms with Gasteiger partial charge in [0.05, 0.1) is 1.37 Å². The molecule has 4 rings (SSSR count). The number of nitrogens with zero attached hydrogens (tertiary/aromatic N) is 1. The minimum Gasteiger partial charge on any atom is -0.322 e. The summed E-state index contributed by atoms with van der Waals surface area (Å²) in [4.78, 5) is 50.0. The van der Waals surface area contributed by atoms with Crippen molar-refractivity contribution in [1.82, 2.24) is 10.2 Å². The number of hydrogen-bond acceptors (Lipinski definition) is 4. The van der Waals surface area contributed by atoms with Crippen LogP contribution in [-0.2, 0) is 33.2 Å². The van der Waals surface area contributed by atoms with Crippen LogP contribution in [0.4, 0.5) is 8.78 Å². The molecule has 32 heavy (non-hydrogen) atoms. The summed E-state index contributed by atoms with van der Waals surface area (Å²) < 4.78 is 45.7. The normalized spacial score (nSPS) is 20.4. The van der Waals surface area contributed by atoms with E-state index in [1.165, 1.54) is 29.2 Å². The van der Waals surface area contributed by atoms with Crippen LogP contribution >= 0.6 is 11.6 Å². The quantitative estimate of drug-likeness (QED) is 0.667. The van der Waals surface area contributed by atoms with Crippen molar-refractivity contribution >= 4 is 35.1 Å². The Labute approximate surface area is 190 Å². The molecule has 2 heterocycles. The van der Waals surface area contributed by atoms with Gasteiger partial charge in [-0.05, 0) is 42.1 Å². The highest BCUT2D eigenvalue weighted by atomic mass is 35.5. The molecule has 0 radical (unpaired) electrons. The first kappa shape index (κ1) is 19.5. The van der Waals surface area contributed by atoms with Crippen LogP contribution in [0.15, 0.2) is 42.4 Å². The number of fused-ring (bicyclic) bond motifs is 1. The van der Waals surface area contributed by atoms with Gasteiger partial charge in [-0.1, -0.05) is 35.8 Å². The highest BCUT2D eigenvalue weighted by Gasteiger charge is 2.41. The summed E-state index contributed by atoms with van der Waals surface area (Å²) in [5, 5.41) is 2.43. The van der Waals surface area contributed by atoms with Crippen LogP contribution < -0.4 is 5.32 Å². The zero-order valence-corrected chi connectivity index (χ0v) is 17.4. The number of alkyl halides is 2. The van der Waals surface area contributed by atoms with Crippen molar-refractivity contribution < 1.29 is 30.7 Å². The number of ketones is 1. The molecule has 0 spiro atoms. The number of aryl methyl sites for hydroxylation is 1. The van der Waals surface area contributed by atoms with Crippen molar-refractivity contribution in [1.29, 1.82) is 0 Å². The van der Waals surface area contributed by atoms with Gasteiger partial charge in [0.25, 0.3) is 5.91 Å². The molecular formula is C23H19ClF2N2O4. The monoisotopic (exact) mass is 462 g/mol. The second-order valence-corrected chi connectivity index (χ2v) is 8.08. The number of carbonyl (C=O) groups excluding carboxylic acids is 4. The summed E-state index contributed by atoms with van der Waals surface area (Å²) in [5.74, 6) is -6.80. The average molecular weight is 463 g/mol. The Hall–Kier alpha value is -3.13. The number of hydrogen-bond donors (Lipinski definition) is 1. The molecule has 2 aliphatic heterocycles. The minimum atomic E-state index is -3.83. The first-order chi connectivity index (χ1) is 16.0. The Morgan fingerprint density at radius 2 is 1.97 bits per heavy atom. The van der Waals surface area contributed by atoms with Crippen molar-refractivity contribution in [2.75, 3.05) is 0 Å². The van der Waals surface area contributed by atoms with Gasteiger partial charge in [-0.15, -0.1) is 0 Å². The van der Waals surface area contributed by atoms with Gasteiger partial charge < -0.3 is 4.90 Å². The molecule has 1 saturated heterocycles. The Balaban J connectivity index is 1.53. The fourth-order valence-corrected chi connectivity index (χ4v) is 3.92. The number of benzene rings is 2. The van der Waals surface area contributed by atoms with Gasteiger partial charge in [0.15, 0.2) is 0 Å². The van der Waals surface area contributed by atoms with Gasteiger partial charge in [-0.3, -0.25) is 24.5 Å². The lowest BCUT2D eigenvalue weighted by Gasteiger charge is -2.29. The predicted octanol–water partition coefficient (Wildman–Crippen LogP) is 3.39. The van der Waals surface area contributed by atoms with E-state index in [0.717, 1.165) is 12.1 Å². The van der Waals surface area contributed by atoms with Crippen LogP contribution in [-0.4, -0.2) is 34.4 Å². The summed E-state index contributed by atoms with van der Waals surface area (Å²) in [7, 11) is 0. The number of halogens is 3. The van der Waals surface area contributed by atoms with Gasteiger partial charge in [0.1, 0.15) is 6.04 Å². The molecular weight excluding hydrogens is 442 g/mol. The van der Waals surface area contributed by atoms with Gasteiger partial charge >= 0.3 is 5.92 Å². The van der Waals surface area contributed by atoms with Crippen molar-refractivity contribution in [3.05, 3.63) is 69.7 Å². The molecule has 6 nitrogen and oxygen atoms in total. The predicted molar refractivity (Wildman–Crippen MR) is 111 cm³/mol. The summed E-state index contributed by atoms with van der Waals surface area (Å²) in [6, 6.07) is 6.09. The first-order valence-corrected chi connectivity index (χ1v) is 10.2. The highest BCUT2D eigenvalue weighted by molar-refractivity contribution is 6.30. The molecule has 0 aromatic heterocycles. The maximum absolute atomic E-state index is 14.6. The fraction of sp³-hybridized carbons (Fsp3) is 0.304. The van der Waals surface area contributed by atoms with E-state index >= 15 is 0 Å². The average Bonchev–Trinajstić information content (AvgIpc) is 3.08. The molecule has 166 valence electrons. The molecule has 1 fully saturated rings. The summed E-state index contributed by atoms with van der Waals surface area (Å²) in [5.41, 5.74) is 0.0786. The maximum Gasteiger partial charge on any atom is 0.330 e. The molecule has 2 aliphatic rings. The second-order valence-electron chi connectivity index (χ2n) is 7.64. The number of piperidine rings is 1. The van der Waals surface area contributed by atoms with Crippen molar-refractivity contribution in [2.45, 2.75) is 44.2 Å². The third kappa shape index (κ3) is 4.14. The second kappa shape index (κ2) is 8.43. The van der Waals surface area contributed by atoms with Crippen LogP contribution in [0.3, 0.4) is 0 Å². The third-order valence-corrected chi connectivity index (χ3v) is 5.79. The van der Waals surface area contributed by atoms with Gasteiger partial charge in [-0.2, -0.15) is 8.78 Å². The van der Waals surface area contributed by atoms with E-state index < -0.39 is 53.9 Å². The number of amides is 3. The molecule has 1 N–H and O–H groups in total. The topological polar surface area (TPSA) is 83.6 Å². The summed E-state index contributed by atoms with van der Waals surface area (Å²) >= 11 is 5.71. The van der Waals surface area contributed by atoms with E-state index in [0.29, 0.717) is 5.56 Å². The Kier molecular flexibility index (Phi) is 5.15. The lowest BCUT2D eigenvalue weighted by molar-refractivity contribution is -0.144. The third-order valence-electron chi connectivity index (χ3n) is 5.54. The van der Waals surface area contributed by atoms with E-state index in [-0.39, 0.29) is 41.6 Å². The highest BCUT2D eigenvalue weighted by Crippen LogP contribution is 2.32. The van der Waals surface area contributed by atoms with E-state index in [2.05, 4.69) is 5.32 Å². The lowest BCUT2D eigenvalue weighted by atomic mass is 9.97. The zero-order valence-electron chi connectivity index (χ0n) is 18.7. The maximum atomic E-state index is 14.6. The van der Waals surface area contributed by atoms with Crippen LogP contribution in [0.2, 0.25) is 5.02 Å². The Morgan fingerprint density at radius 1 is 1.25 bits per heavy atom. The molecule has 0 aliphatic carbocycles. The standard InChI is InChI=1S/C23H19ClF2N2O4/c24-16-5-3-15(4-6-16)23(25,26)19(29)9-2-13-1-7-17-14(11-13)12-28(22(17)32)18-8-10-20(30)27-21(18)31/h1,3-7,11,18H,2,8-10,12H2,(H,27,30,31)/i1D,2D. The zero-order chi connectivity index (χ0) is 24.8. The van der Waals surface area contributed by atoms with E-state index in [1.807, 2.05) is 0 Å². The Bertz CT molecular complexity index is 1210. The lowest BCUT2D eigenvalue weighted by Crippen LogP contribution is -2.52. The molecule has 2 aromatic carbocycles. The summed E-state index contributed by atoms with van der Waals surface area (Å²) in [6.45, 7) is 0.00925. The first-order valence-electron chi connectivity index (χ1n) is 10.9. The molecule has 9 heteroatoms. The molecule has 2 atom stereocenters. The van der Waals surface area contributed by atoms with Crippen molar-refractivity contribution in [3.63, 3.8) is 0 Å². The number of Topliss-reactive ketones (excluding diaryl/α,β-unsaturated/α-hetero) is 1. The van der Waals surface area contributed by atoms with Gasteiger partial charge in [0.2, 0.25) is 17.6 Å².